The molecule has 4 heavy (non-hydrogen) atoms. The third kappa shape index (κ3) is 2.11. The van der Waals surface area contributed by atoms with Crippen LogP contribution in [0.3, 0.4) is 0 Å². The van der Waals surface area contributed by atoms with Gasteiger partial charge < -0.3 is 0 Å². The fraction of sp³-hybridized carbons (Fsp3) is 1.00. The van der Waals surface area contributed by atoms with Crippen LogP contribution in [0.4, 0.5) is 0 Å². The number of hydrogen-bond donors (Lipinski definition) is 1. The Bertz CT molecular complexity index is 20.0. The molecule has 0 aromatic heterocycles. The molecular formula is CH4O2S. The summed E-state index contributed by atoms with van der Waals surface area (Å²) < 4.78 is 13.0. The zero-order chi connectivity index (χ0) is 3.41. The van der Waals surface area contributed by atoms with E-state index in [1.807, 2.05) is 0 Å². The third-order valence-corrected chi connectivity index (χ3v) is 0.224. The van der Waals surface area contributed by atoms with Crippen LogP contribution in [0.25, 0.3) is 0 Å². The molecule has 0 N–H and O–H groups in total. The maximum Gasteiger partial charge on any atom is 0.141 e. The van der Waals surface area contributed by atoms with E-state index in [1.165, 1.54) is 7.11 Å². The molecule has 0 saturated carbocycles. The molecule has 0 aliphatic rings. The van der Waals surface area contributed by atoms with Crippen molar-refractivity contribution in [3.05, 3.63) is 0 Å². The van der Waals surface area contributed by atoms with Crippen molar-refractivity contribution >= 4 is 11.9 Å². The number of rotatable bonds is 1. The van der Waals surface area contributed by atoms with E-state index in [2.05, 4.69) is 4.18 Å². The summed E-state index contributed by atoms with van der Waals surface area (Å²) in [7, 11) is 1.36. The highest BCUT2D eigenvalue weighted by Crippen LogP contribution is 1.42. The molecule has 26 valence electrons. The summed E-state index contributed by atoms with van der Waals surface area (Å²) in [4.78, 5) is 0. The molecular weight excluding hydrogens is 76.1 g/mol. The minimum atomic E-state index is -0.252. The molecule has 0 unspecified atom stereocenters. The third-order valence-electron chi connectivity index (χ3n) is 0.0745. The van der Waals surface area contributed by atoms with Gasteiger partial charge in [0.2, 0.25) is 0 Å². The monoisotopic (exact) mass is 80.0 g/mol. The Balaban J connectivity index is 2.30. The Labute approximate surface area is 28.5 Å². The predicted molar refractivity (Wildman–Crippen MR) is 16.5 cm³/mol. The van der Waals surface area contributed by atoms with Gasteiger partial charge in [-0.3, -0.25) is 4.18 Å². The van der Waals surface area contributed by atoms with Crippen molar-refractivity contribution in [1.29, 1.82) is 0 Å². The highest BCUT2D eigenvalue weighted by Gasteiger charge is 1.44. The first-order chi connectivity index (χ1) is 1.91. The molecule has 0 bridgehead atoms. The van der Waals surface area contributed by atoms with Crippen molar-refractivity contribution in [3.63, 3.8) is 0 Å². The van der Waals surface area contributed by atoms with E-state index in [4.69, 9.17) is 4.21 Å². The second-order valence-corrected chi connectivity index (χ2v) is 0.771. The van der Waals surface area contributed by atoms with E-state index in [9.17, 15) is 0 Å². The van der Waals surface area contributed by atoms with Crippen molar-refractivity contribution in [2.24, 2.45) is 0 Å². The van der Waals surface area contributed by atoms with Crippen molar-refractivity contribution in [2.45, 2.75) is 0 Å². The summed E-state index contributed by atoms with van der Waals surface area (Å²) >= 11 is -0.252. The van der Waals surface area contributed by atoms with Crippen molar-refractivity contribution in [3.8, 4) is 0 Å². The Morgan fingerprint density at radius 1 is 2.00 bits per heavy atom. The second-order valence-electron chi connectivity index (χ2n) is 0.257. The summed E-state index contributed by atoms with van der Waals surface area (Å²) in [6.45, 7) is 0. The highest BCUT2D eigenvalue weighted by atomic mass is 32.2. The lowest BCUT2D eigenvalue weighted by atomic mass is 11.8. The van der Waals surface area contributed by atoms with Crippen LogP contribution in [0.15, 0.2) is 0 Å². The first-order valence-corrected chi connectivity index (χ1v) is 1.50. The summed E-state index contributed by atoms with van der Waals surface area (Å²) in [5, 5.41) is 0. The molecule has 3 heteroatoms. The summed E-state index contributed by atoms with van der Waals surface area (Å²) in [6, 6.07) is 0. The maximum atomic E-state index is 9.05. The van der Waals surface area contributed by atoms with E-state index in [0.29, 0.717) is 0 Å². The number of thiol groups is 1. The minimum absolute atomic E-state index is 0.252. The molecule has 0 aliphatic carbocycles. The topological polar surface area (TPSA) is 26.3 Å². The molecule has 0 rings (SSSR count). The van der Waals surface area contributed by atoms with Gasteiger partial charge in [0.15, 0.2) is 0 Å². The lowest BCUT2D eigenvalue weighted by molar-refractivity contribution is 0.461. The first-order valence-electron chi connectivity index (χ1n) is 0.773. The lowest BCUT2D eigenvalue weighted by Gasteiger charge is -1.61. The SMILES string of the molecule is CO[SH]=O. The van der Waals surface area contributed by atoms with E-state index in [-0.39, 0.29) is 11.9 Å². The molecule has 0 aliphatic heterocycles. The van der Waals surface area contributed by atoms with Crippen LogP contribution in [0.1, 0.15) is 0 Å². The Morgan fingerprint density at radius 3 is 2.25 bits per heavy atom. The minimum Gasteiger partial charge on any atom is -0.296 e. The van der Waals surface area contributed by atoms with Gasteiger partial charge in [-0.2, -0.15) is 0 Å². The number of hydrogen-bond acceptors (Lipinski definition) is 2. The molecule has 0 aromatic carbocycles. The maximum absolute atomic E-state index is 9.05. The van der Waals surface area contributed by atoms with Gasteiger partial charge in [-0.05, 0) is 0 Å². The predicted octanol–water partition coefficient (Wildman–Crippen LogP) is -0.507. The van der Waals surface area contributed by atoms with E-state index in [1.54, 1.807) is 0 Å². The molecule has 0 heterocycles. The van der Waals surface area contributed by atoms with Gasteiger partial charge in [0, 0.05) is 0 Å². The Kier molecular flexibility index (Phi) is 3.20. The molecule has 0 saturated heterocycles. The van der Waals surface area contributed by atoms with Crippen molar-refractivity contribution in [2.75, 3.05) is 7.11 Å². The van der Waals surface area contributed by atoms with Gasteiger partial charge in [0.1, 0.15) is 11.9 Å². The van der Waals surface area contributed by atoms with E-state index < -0.39 is 0 Å². The Morgan fingerprint density at radius 2 is 2.25 bits per heavy atom. The van der Waals surface area contributed by atoms with Crippen LogP contribution in [0.5, 0.6) is 0 Å². The van der Waals surface area contributed by atoms with Crippen LogP contribution < -0.4 is 0 Å². The van der Waals surface area contributed by atoms with Gasteiger partial charge in [-0.1, -0.05) is 0 Å². The zero-order valence-electron chi connectivity index (χ0n) is 2.26. The van der Waals surface area contributed by atoms with Crippen LogP contribution in [-0.2, 0) is 16.1 Å². The molecule has 0 fully saturated rings. The lowest BCUT2D eigenvalue weighted by Crippen LogP contribution is -1.61. The van der Waals surface area contributed by atoms with E-state index >= 15 is 0 Å². The molecule has 0 radical (unpaired) electrons. The quantitative estimate of drug-likeness (QED) is 0.429. The first kappa shape index (κ1) is 4.11. The van der Waals surface area contributed by atoms with Crippen LogP contribution in [0, 0.1) is 0 Å². The summed E-state index contributed by atoms with van der Waals surface area (Å²) in [5.74, 6) is 0. The average Bonchev–Trinajstić information content (AvgIpc) is 1.37. The van der Waals surface area contributed by atoms with Crippen molar-refractivity contribution in [1.82, 2.24) is 0 Å². The largest absolute Gasteiger partial charge is 0.296 e. The fourth-order valence-electron chi connectivity index (χ4n) is 0. The van der Waals surface area contributed by atoms with Crippen LogP contribution in [0.2, 0.25) is 0 Å². The van der Waals surface area contributed by atoms with Crippen LogP contribution >= 0.6 is 0 Å². The van der Waals surface area contributed by atoms with Gasteiger partial charge in [0.25, 0.3) is 0 Å². The average molecular weight is 80.1 g/mol. The fourth-order valence-corrected chi connectivity index (χ4v) is 0. The molecule has 0 amide bonds. The molecule has 0 spiro atoms. The van der Waals surface area contributed by atoms with Gasteiger partial charge >= 0.3 is 0 Å². The molecule has 2 nitrogen and oxygen atoms in total. The van der Waals surface area contributed by atoms with Gasteiger partial charge in [0.05, 0.1) is 7.11 Å². The van der Waals surface area contributed by atoms with Crippen molar-refractivity contribution < 1.29 is 8.39 Å². The molecule has 0 aromatic rings. The van der Waals surface area contributed by atoms with E-state index in [0.717, 1.165) is 0 Å². The summed E-state index contributed by atoms with van der Waals surface area (Å²) in [5.41, 5.74) is 0. The van der Waals surface area contributed by atoms with Gasteiger partial charge in [-0.25, -0.2) is 4.21 Å². The second kappa shape index (κ2) is 3.11. The van der Waals surface area contributed by atoms with Gasteiger partial charge in [-0.15, -0.1) is 0 Å². The Hall–Kier alpha value is 0.110. The normalized spacial score (nSPS) is 7.25. The molecule has 0 atom stereocenters. The smallest absolute Gasteiger partial charge is 0.141 e. The standard InChI is InChI=1S/CH4O2S/c1-3-4-2/h4H,1H3. The summed E-state index contributed by atoms with van der Waals surface area (Å²) in [6.07, 6.45) is 0. The van der Waals surface area contributed by atoms with Crippen LogP contribution in [-0.4, -0.2) is 11.3 Å². The highest BCUT2D eigenvalue weighted by molar-refractivity contribution is 7.60. The zero-order valence-corrected chi connectivity index (χ0v) is 3.16.